The summed E-state index contributed by atoms with van der Waals surface area (Å²) in [6.07, 6.45) is 2.23. The minimum absolute atomic E-state index is 0.290. The molecular weight excluding hydrogens is 432 g/mol. The Hall–Kier alpha value is -3.16. The first-order chi connectivity index (χ1) is 16.1. The highest BCUT2D eigenvalue weighted by atomic mass is 16.6. The third kappa shape index (κ3) is 6.46. The number of rotatable bonds is 9. The van der Waals surface area contributed by atoms with Crippen LogP contribution in [0.2, 0.25) is 0 Å². The lowest BCUT2D eigenvalue weighted by Crippen LogP contribution is -2.26. The Labute approximate surface area is 201 Å². The molecule has 1 aromatic heterocycles. The van der Waals surface area contributed by atoms with Crippen molar-refractivity contribution in [1.29, 1.82) is 0 Å². The number of ether oxygens (including phenoxy) is 3. The molecule has 182 valence electrons. The van der Waals surface area contributed by atoms with Crippen LogP contribution in [0.4, 0.5) is 4.79 Å². The van der Waals surface area contributed by atoms with Gasteiger partial charge in [-0.1, -0.05) is 18.2 Å². The Kier molecular flexibility index (Phi) is 8.12. The van der Waals surface area contributed by atoms with Crippen LogP contribution < -0.4 is 4.74 Å². The second kappa shape index (κ2) is 10.8. The molecule has 1 atom stereocenters. The van der Waals surface area contributed by atoms with Gasteiger partial charge in [-0.05, 0) is 82.2 Å². The minimum Gasteiger partial charge on any atom is -0.497 e. The number of methoxy groups -OCH3 is 1. The Balaban J connectivity index is 1.90. The van der Waals surface area contributed by atoms with Crippen LogP contribution in [0.15, 0.2) is 48.7 Å². The van der Waals surface area contributed by atoms with Crippen molar-refractivity contribution in [3.05, 3.63) is 65.4 Å². The van der Waals surface area contributed by atoms with E-state index in [0.717, 1.165) is 52.6 Å². The summed E-state index contributed by atoms with van der Waals surface area (Å²) in [5.41, 5.74) is 2.83. The molecule has 7 heteroatoms. The summed E-state index contributed by atoms with van der Waals surface area (Å²) in [4.78, 5) is 26.8. The van der Waals surface area contributed by atoms with Crippen LogP contribution in [0.1, 0.15) is 43.6 Å². The van der Waals surface area contributed by atoms with Crippen LogP contribution in [0.5, 0.6) is 5.75 Å². The maximum absolute atomic E-state index is 12.8. The van der Waals surface area contributed by atoms with Gasteiger partial charge in [0.15, 0.2) is 6.29 Å². The number of aldehydes is 1. The van der Waals surface area contributed by atoms with Crippen molar-refractivity contribution < 1.29 is 23.8 Å². The molecule has 0 saturated heterocycles. The Morgan fingerprint density at radius 1 is 1.12 bits per heavy atom. The first-order valence-corrected chi connectivity index (χ1v) is 11.3. The number of hydrogen-bond donors (Lipinski definition) is 0. The van der Waals surface area contributed by atoms with Crippen LogP contribution in [-0.2, 0) is 27.3 Å². The van der Waals surface area contributed by atoms with Gasteiger partial charge >= 0.3 is 6.09 Å². The van der Waals surface area contributed by atoms with Crippen LogP contribution in [0.3, 0.4) is 0 Å². The molecule has 1 unspecified atom stereocenters. The van der Waals surface area contributed by atoms with Gasteiger partial charge in [-0.15, -0.1) is 0 Å². The van der Waals surface area contributed by atoms with Gasteiger partial charge in [0.25, 0.3) is 0 Å². The molecule has 0 bridgehead atoms. The lowest BCUT2D eigenvalue weighted by atomic mass is 10.0. The van der Waals surface area contributed by atoms with Crippen molar-refractivity contribution in [2.45, 2.75) is 45.5 Å². The van der Waals surface area contributed by atoms with Gasteiger partial charge in [0.2, 0.25) is 0 Å². The maximum Gasteiger partial charge on any atom is 0.419 e. The Morgan fingerprint density at radius 2 is 1.82 bits per heavy atom. The largest absolute Gasteiger partial charge is 0.497 e. The highest BCUT2D eigenvalue weighted by Gasteiger charge is 2.22. The van der Waals surface area contributed by atoms with Crippen molar-refractivity contribution in [2.75, 3.05) is 27.7 Å². The topological polar surface area (TPSA) is 70.0 Å². The van der Waals surface area contributed by atoms with Crippen LogP contribution in [0, 0.1) is 0 Å². The van der Waals surface area contributed by atoms with E-state index in [2.05, 4.69) is 4.90 Å². The molecule has 3 aromatic rings. The molecule has 0 aliphatic rings. The summed E-state index contributed by atoms with van der Waals surface area (Å²) in [7, 11) is 5.63. The normalized spacial score (nSPS) is 12.7. The van der Waals surface area contributed by atoms with E-state index in [1.807, 2.05) is 83.5 Å². The molecule has 0 N–H and O–H groups in total. The fourth-order valence-corrected chi connectivity index (χ4v) is 3.62. The fourth-order valence-electron chi connectivity index (χ4n) is 3.62. The zero-order valence-electron chi connectivity index (χ0n) is 20.8. The molecule has 34 heavy (non-hydrogen) atoms. The second-order valence-electron chi connectivity index (χ2n) is 9.55. The molecule has 2 aromatic carbocycles. The predicted molar refractivity (Wildman–Crippen MR) is 132 cm³/mol. The SMILES string of the molecule is COc1ccc(COC(C=O)c2ccc3c(c2)c(CCN(C)C)cn3C(=O)OC(C)(C)C)cc1. The molecular formula is C27H34N2O5. The monoisotopic (exact) mass is 466 g/mol. The molecule has 0 aliphatic heterocycles. The minimum atomic E-state index is -0.724. The summed E-state index contributed by atoms with van der Waals surface area (Å²) in [5, 5.41) is 0.908. The van der Waals surface area contributed by atoms with E-state index in [1.165, 1.54) is 0 Å². The number of aromatic nitrogens is 1. The van der Waals surface area contributed by atoms with Crippen molar-refractivity contribution in [1.82, 2.24) is 9.47 Å². The molecule has 0 amide bonds. The zero-order valence-corrected chi connectivity index (χ0v) is 20.8. The lowest BCUT2D eigenvalue weighted by molar-refractivity contribution is -0.119. The van der Waals surface area contributed by atoms with E-state index in [4.69, 9.17) is 14.2 Å². The van der Waals surface area contributed by atoms with E-state index in [-0.39, 0.29) is 6.61 Å². The first-order valence-electron chi connectivity index (χ1n) is 11.3. The maximum atomic E-state index is 12.8. The van der Waals surface area contributed by atoms with Crippen molar-refractivity contribution >= 4 is 23.3 Å². The average molecular weight is 467 g/mol. The fraction of sp³-hybridized carbons (Fsp3) is 0.407. The second-order valence-corrected chi connectivity index (χ2v) is 9.55. The standard InChI is InChI=1S/C27H34N2O5/c1-27(2,3)34-26(31)29-16-21(13-14-28(4)5)23-15-20(9-12-24(23)29)25(17-30)33-18-19-7-10-22(32-6)11-8-19/h7-12,15-17,25H,13-14,18H2,1-6H3. The first kappa shape index (κ1) is 25.5. The smallest absolute Gasteiger partial charge is 0.419 e. The summed E-state index contributed by atoms with van der Waals surface area (Å²) in [5.74, 6) is 0.765. The summed E-state index contributed by atoms with van der Waals surface area (Å²) >= 11 is 0. The molecule has 0 fully saturated rings. The molecule has 0 spiro atoms. The van der Waals surface area contributed by atoms with E-state index in [9.17, 15) is 9.59 Å². The van der Waals surface area contributed by atoms with Crippen LogP contribution in [0.25, 0.3) is 10.9 Å². The van der Waals surface area contributed by atoms with E-state index >= 15 is 0 Å². The van der Waals surface area contributed by atoms with Gasteiger partial charge in [0, 0.05) is 18.1 Å². The van der Waals surface area contributed by atoms with Crippen molar-refractivity contribution in [2.24, 2.45) is 0 Å². The van der Waals surface area contributed by atoms with Crippen LogP contribution in [-0.4, -0.2) is 55.2 Å². The molecule has 0 radical (unpaired) electrons. The quantitative estimate of drug-likeness (QED) is 0.414. The zero-order chi connectivity index (χ0) is 24.9. The van der Waals surface area contributed by atoms with Gasteiger partial charge in [-0.2, -0.15) is 0 Å². The van der Waals surface area contributed by atoms with Crippen LogP contribution >= 0.6 is 0 Å². The summed E-state index contributed by atoms with van der Waals surface area (Å²) in [6.45, 7) is 6.64. The highest BCUT2D eigenvalue weighted by Crippen LogP contribution is 2.28. The molecule has 0 saturated carbocycles. The van der Waals surface area contributed by atoms with E-state index in [0.29, 0.717) is 0 Å². The number of fused-ring (bicyclic) bond motifs is 1. The third-order valence-corrected chi connectivity index (χ3v) is 5.37. The van der Waals surface area contributed by atoms with Crippen molar-refractivity contribution in [3.63, 3.8) is 0 Å². The molecule has 7 nitrogen and oxygen atoms in total. The Morgan fingerprint density at radius 3 is 2.41 bits per heavy atom. The molecule has 1 heterocycles. The van der Waals surface area contributed by atoms with Gasteiger partial charge in [0.1, 0.15) is 17.5 Å². The van der Waals surface area contributed by atoms with E-state index < -0.39 is 17.8 Å². The molecule has 0 aliphatic carbocycles. The molecule has 3 rings (SSSR count). The lowest BCUT2D eigenvalue weighted by Gasteiger charge is -2.20. The van der Waals surface area contributed by atoms with Crippen molar-refractivity contribution in [3.8, 4) is 5.75 Å². The van der Waals surface area contributed by atoms with Gasteiger partial charge in [-0.25, -0.2) is 4.79 Å². The van der Waals surface area contributed by atoms with Gasteiger partial charge < -0.3 is 23.9 Å². The summed E-state index contributed by atoms with van der Waals surface area (Å²) in [6, 6.07) is 13.1. The number of carbonyl (C=O) groups is 2. The highest BCUT2D eigenvalue weighted by molar-refractivity contribution is 5.93. The Bertz CT molecular complexity index is 1130. The number of hydrogen-bond acceptors (Lipinski definition) is 6. The average Bonchev–Trinajstić information content (AvgIpc) is 3.15. The van der Waals surface area contributed by atoms with E-state index in [1.54, 1.807) is 11.7 Å². The number of nitrogens with zero attached hydrogens (tertiary/aromatic N) is 2. The summed E-state index contributed by atoms with van der Waals surface area (Å²) < 4.78 is 18.3. The van der Waals surface area contributed by atoms with Gasteiger partial charge in [-0.3, -0.25) is 4.57 Å². The third-order valence-electron chi connectivity index (χ3n) is 5.37. The predicted octanol–water partition coefficient (Wildman–Crippen LogP) is 4.99. The number of benzene rings is 2. The number of carbonyl (C=O) groups excluding carboxylic acids is 2. The number of likely N-dealkylation sites (N-methyl/N-ethyl adjacent to an activating group) is 1. The van der Waals surface area contributed by atoms with Gasteiger partial charge in [0.05, 0.1) is 19.2 Å².